The molecule has 4 rings (SSSR count). The number of fused-ring (bicyclic) bond motifs is 1. The molecule has 1 saturated carbocycles. The van der Waals surface area contributed by atoms with E-state index >= 15 is 0 Å². The van der Waals surface area contributed by atoms with Crippen molar-refractivity contribution in [3.63, 3.8) is 0 Å². The normalized spacial score (nSPS) is 18.1. The minimum atomic E-state index is -0.0713. The predicted molar refractivity (Wildman–Crippen MR) is 117 cm³/mol. The molecule has 1 aromatic heterocycles. The molecule has 1 aliphatic heterocycles. The lowest BCUT2D eigenvalue weighted by atomic mass is 9.89. The Hall–Kier alpha value is -1.92. The molecule has 0 atom stereocenters. The molecule has 6 heteroatoms. The summed E-state index contributed by atoms with van der Waals surface area (Å²) in [5, 5.41) is 3.60. The molecule has 1 amide bonds. The molecular formula is C23H31N3O2S. The van der Waals surface area contributed by atoms with Crippen LogP contribution in [0.2, 0.25) is 0 Å². The third-order valence-corrected chi connectivity index (χ3v) is 7.30. The summed E-state index contributed by atoms with van der Waals surface area (Å²) in [5.74, 6) is 1.63. The van der Waals surface area contributed by atoms with Crippen LogP contribution >= 0.6 is 11.3 Å². The zero-order valence-corrected chi connectivity index (χ0v) is 18.1. The maximum atomic E-state index is 12.6. The van der Waals surface area contributed by atoms with E-state index in [2.05, 4.69) is 10.2 Å². The second kappa shape index (κ2) is 9.72. The third-order valence-electron chi connectivity index (χ3n) is 6.15. The van der Waals surface area contributed by atoms with Gasteiger partial charge in [0.2, 0.25) is 0 Å². The summed E-state index contributed by atoms with van der Waals surface area (Å²) in [6.45, 7) is 3.91. The number of rotatable bonds is 6. The van der Waals surface area contributed by atoms with Crippen molar-refractivity contribution in [1.82, 2.24) is 15.2 Å². The zero-order chi connectivity index (χ0) is 20.1. The van der Waals surface area contributed by atoms with Crippen molar-refractivity contribution in [2.24, 2.45) is 5.92 Å². The number of hydrogen-bond acceptors (Lipinski definition) is 5. The number of hydrogen-bond donors (Lipinski definition) is 1. The Morgan fingerprint density at radius 2 is 1.93 bits per heavy atom. The fourth-order valence-corrected chi connectivity index (χ4v) is 5.44. The van der Waals surface area contributed by atoms with Crippen LogP contribution < -0.4 is 10.1 Å². The number of carbonyl (C=O) groups excluding carboxylic acids is 1. The van der Waals surface area contributed by atoms with Crippen LogP contribution in [-0.2, 0) is 19.4 Å². The minimum absolute atomic E-state index is 0.0713. The summed E-state index contributed by atoms with van der Waals surface area (Å²) in [6, 6.07) is 7.76. The maximum absolute atomic E-state index is 12.6. The predicted octanol–water partition coefficient (Wildman–Crippen LogP) is 4.06. The van der Waals surface area contributed by atoms with Crippen LogP contribution in [-0.4, -0.2) is 42.5 Å². The van der Waals surface area contributed by atoms with E-state index in [0.29, 0.717) is 11.6 Å². The average Bonchev–Trinajstić information content (AvgIpc) is 3.09. The molecule has 0 unspecified atom stereocenters. The first kappa shape index (κ1) is 20.4. The summed E-state index contributed by atoms with van der Waals surface area (Å²) in [7, 11) is 1.65. The number of nitrogens with one attached hydrogen (secondary N) is 1. The first-order valence-corrected chi connectivity index (χ1v) is 11.6. The number of aromatic nitrogens is 1. The Bertz CT molecular complexity index is 787. The molecule has 5 nitrogen and oxygen atoms in total. The van der Waals surface area contributed by atoms with Gasteiger partial charge in [0.15, 0.2) is 5.01 Å². The smallest absolute Gasteiger partial charge is 0.280 e. The van der Waals surface area contributed by atoms with E-state index in [4.69, 9.17) is 9.72 Å². The van der Waals surface area contributed by atoms with Crippen molar-refractivity contribution >= 4 is 17.2 Å². The fourth-order valence-electron chi connectivity index (χ4n) is 4.43. The molecule has 156 valence electrons. The number of carbonyl (C=O) groups is 1. The van der Waals surface area contributed by atoms with Gasteiger partial charge in [-0.25, -0.2) is 4.98 Å². The maximum Gasteiger partial charge on any atom is 0.280 e. The summed E-state index contributed by atoms with van der Waals surface area (Å²) >= 11 is 1.58. The van der Waals surface area contributed by atoms with Gasteiger partial charge in [-0.15, -0.1) is 11.3 Å². The molecular weight excluding hydrogens is 382 g/mol. The molecule has 2 aromatic rings. The summed E-state index contributed by atoms with van der Waals surface area (Å²) in [4.78, 5) is 21.2. The van der Waals surface area contributed by atoms with Crippen LogP contribution in [0, 0.1) is 5.92 Å². The monoisotopic (exact) mass is 413 g/mol. The van der Waals surface area contributed by atoms with Gasteiger partial charge < -0.3 is 15.0 Å². The third kappa shape index (κ3) is 5.37. The van der Waals surface area contributed by atoms with Gasteiger partial charge in [0.1, 0.15) is 5.75 Å². The van der Waals surface area contributed by atoms with E-state index in [1.807, 2.05) is 24.3 Å². The van der Waals surface area contributed by atoms with Gasteiger partial charge in [0.05, 0.1) is 12.8 Å². The quantitative estimate of drug-likeness (QED) is 0.776. The average molecular weight is 414 g/mol. The Morgan fingerprint density at radius 1 is 1.17 bits per heavy atom. The molecule has 0 saturated heterocycles. The zero-order valence-electron chi connectivity index (χ0n) is 17.3. The lowest BCUT2D eigenvalue weighted by molar-refractivity contribution is 0.0950. The molecule has 1 N–H and O–H groups in total. The van der Waals surface area contributed by atoms with Crippen LogP contribution in [0.3, 0.4) is 0 Å². The van der Waals surface area contributed by atoms with E-state index in [0.717, 1.165) is 48.9 Å². The van der Waals surface area contributed by atoms with Crippen molar-refractivity contribution in [3.8, 4) is 5.75 Å². The molecule has 0 radical (unpaired) electrons. The number of amides is 1. The van der Waals surface area contributed by atoms with Crippen LogP contribution in [0.5, 0.6) is 5.75 Å². The van der Waals surface area contributed by atoms with Crippen LogP contribution in [0.1, 0.15) is 58.0 Å². The number of methoxy groups -OCH3 is 1. The Kier molecular flexibility index (Phi) is 6.82. The number of ether oxygens (including phenoxy) is 1. The summed E-state index contributed by atoms with van der Waals surface area (Å²) in [6.07, 6.45) is 9.01. The van der Waals surface area contributed by atoms with E-state index < -0.39 is 0 Å². The molecule has 1 aromatic carbocycles. The Balaban J connectivity index is 1.29. The van der Waals surface area contributed by atoms with Crippen molar-refractivity contribution in [2.45, 2.75) is 51.5 Å². The van der Waals surface area contributed by atoms with Gasteiger partial charge in [-0.2, -0.15) is 0 Å². The van der Waals surface area contributed by atoms with Gasteiger partial charge in [0.25, 0.3) is 5.91 Å². The van der Waals surface area contributed by atoms with Crippen LogP contribution in [0.15, 0.2) is 24.3 Å². The number of thiazole rings is 1. The number of nitrogens with zero attached hydrogens (tertiary/aromatic N) is 2. The molecule has 0 bridgehead atoms. The topological polar surface area (TPSA) is 54.5 Å². The van der Waals surface area contributed by atoms with Crippen LogP contribution in [0.4, 0.5) is 0 Å². The highest BCUT2D eigenvalue weighted by Gasteiger charge is 2.23. The van der Waals surface area contributed by atoms with Gasteiger partial charge in [-0.3, -0.25) is 4.79 Å². The van der Waals surface area contributed by atoms with Crippen LogP contribution in [0.25, 0.3) is 0 Å². The summed E-state index contributed by atoms with van der Waals surface area (Å²) in [5.41, 5.74) is 2.19. The highest BCUT2D eigenvalue weighted by Crippen LogP contribution is 2.27. The molecule has 2 heterocycles. The molecule has 1 fully saturated rings. The van der Waals surface area contributed by atoms with Gasteiger partial charge in [-0.05, 0) is 42.9 Å². The van der Waals surface area contributed by atoms with E-state index in [9.17, 15) is 4.79 Å². The highest BCUT2D eigenvalue weighted by atomic mass is 32.1. The Morgan fingerprint density at radius 3 is 2.69 bits per heavy atom. The molecule has 2 aliphatic rings. The SMILES string of the molecule is COc1ccc(CNC(=O)c2nc3c(s2)CCN(CC2CCCCC2)CC3)cc1. The lowest BCUT2D eigenvalue weighted by Crippen LogP contribution is -2.32. The summed E-state index contributed by atoms with van der Waals surface area (Å²) < 4.78 is 5.17. The van der Waals surface area contributed by atoms with Crippen molar-refractivity contribution < 1.29 is 9.53 Å². The standard InChI is InChI=1S/C23H31N3O2S/c1-28-19-9-7-17(8-10-19)15-24-22(27)23-25-20-11-13-26(14-12-21(20)29-23)16-18-5-3-2-4-6-18/h7-10,18H,2-6,11-16H2,1H3,(H,24,27). The van der Waals surface area contributed by atoms with E-state index in [1.165, 1.54) is 43.5 Å². The lowest BCUT2D eigenvalue weighted by Gasteiger charge is -2.28. The second-order valence-corrected chi connectivity index (χ2v) is 9.31. The molecule has 1 aliphatic carbocycles. The first-order chi connectivity index (χ1) is 14.2. The van der Waals surface area contributed by atoms with Crippen molar-refractivity contribution in [3.05, 3.63) is 45.4 Å². The first-order valence-electron chi connectivity index (χ1n) is 10.8. The second-order valence-electron chi connectivity index (χ2n) is 8.22. The van der Waals surface area contributed by atoms with E-state index in [-0.39, 0.29) is 5.91 Å². The fraction of sp³-hybridized carbons (Fsp3) is 0.565. The molecule has 29 heavy (non-hydrogen) atoms. The Labute approximate surface area is 177 Å². The van der Waals surface area contributed by atoms with E-state index in [1.54, 1.807) is 18.4 Å². The highest BCUT2D eigenvalue weighted by molar-refractivity contribution is 7.13. The van der Waals surface area contributed by atoms with Crippen molar-refractivity contribution in [1.29, 1.82) is 0 Å². The largest absolute Gasteiger partial charge is 0.497 e. The minimum Gasteiger partial charge on any atom is -0.497 e. The van der Waals surface area contributed by atoms with Gasteiger partial charge in [0, 0.05) is 37.5 Å². The van der Waals surface area contributed by atoms with Gasteiger partial charge >= 0.3 is 0 Å². The van der Waals surface area contributed by atoms with Crippen molar-refractivity contribution in [2.75, 3.05) is 26.7 Å². The molecule has 0 spiro atoms. The van der Waals surface area contributed by atoms with Gasteiger partial charge in [-0.1, -0.05) is 31.4 Å². The number of benzene rings is 1.